The van der Waals surface area contributed by atoms with Gasteiger partial charge in [-0.3, -0.25) is 9.59 Å². The third-order valence-electron chi connectivity index (χ3n) is 4.53. The molecule has 0 radical (unpaired) electrons. The zero-order valence-corrected chi connectivity index (χ0v) is 14.8. The quantitative estimate of drug-likeness (QED) is 0.858. The highest BCUT2D eigenvalue weighted by Gasteiger charge is 2.37. The maximum absolute atomic E-state index is 12.9. The molecule has 1 fully saturated rings. The van der Waals surface area contributed by atoms with E-state index in [4.69, 9.17) is 10.6 Å². The van der Waals surface area contributed by atoms with Crippen molar-refractivity contribution in [3.63, 3.8) is 0 Å². The number of nitrogens with two attached hydrogens (primary N) is 1. The summed E-state index contributed by atoms with van der Waals surface area (Å²) < 4.78 is 0. The molecule has 134 valence electrons. The highest BCUT2D eigenvalue weighted by atomic mass is 16.6. The van der Waals surface area contributed by atoms with Gasteiger partial charge in [0.2, 0.25) is 5.91 Å². The van der Waals surface area contributed by atoms with Gasteiger partial charge in [-0.2, -0.15) is 0 Å². The Labute approximate surface area is 152 Å². The summed E-state index contributed by atoms with van der Waals surface area (Å²) >= 11 is 0. The van der Waals surface area contributed by atoms with Crippen LogP contribution in [0.5, 0.6) is 0 Å². The molecule has 0 bridgehead atoms. The lowest BCUT2D eigenvalue weighted by atomic mass is 9.98. The van der Waals surface area contributed by atoms with Crippen molar-refractivity contribution >= 4 is 17.5 Å². The number of carbonyl (C=O) groups is 2. The minimum atomic E-state index is -0.703. The molecule has 2 N–H and O–H groups in total. The zero-order chi connectivity index (χ0) is 18.7. The lowest BCUT2D eigenvalue weighted by molar-refractivity contribution is -0.121. The van der Waals surface area contributed by atoms with Crippen molar-refractivity contribution in [3.05, 3.63) is 59.7 Å². The average molecular weight is 351 g/mol. The molecule has 2 aromatic carbocycles. The standard InChI is InChI=1S/C20H21N3O3/c1-13-10-15(8-9-17(13)14-6-4-3-5-7-14)20(25)23-12-16(22-26-2)11-18(23)19(21)24/h3-10,18H,11-12H2,1-2H3,(H2,21,24). The van der Waals surface area contributed by atoms with Crippen LogP contribution >= 0.6 is 0 Å². The monoisotopic (exact) mass is 351 g/mol. The first kappa shape index (κ1) is 17.7. The summed E-state index contributed by atoms with van der Waals surface area (Å²) in [6, 6.07) is 14.8. The number of oxime groups is 1. The number of benzene rings is 2. The van der Waals surface area contributed by atoms with Gasteiger partial charge in [-0.25, -0.2) is 0 Å². The van der Waals surface area contributed by atoms with Crippen molar-refractivity contribution < 1.29 is 14.4 Å². The molecule has 0 aromatic heterocycles. The van der Waals surface area contributed by atoms with Gasteiger partial charge in [0, 0.05) is 12.0 Å². The highest BCUT2D eigenvalue weighted by Crippen LogP contribution is 2.26. The van der Waals surface area contributed by atoms with Crippen LogP contribution in [0.1, 0.15) is 22.3 Å². The Bertz CT molecular complexity index is 862. The normalized spacial score (nSPS) is 18.2. The Morgan fingerprint density at radius 2 is 1.92 bits per heavy atom. The van der Waals surface area contributed by atoms with Crippen LogP contribution in [0, 0.1) is 6.92 Å². The first-order chi connectivity index (χ1) is 12.5. The molecule has 2 amide bonds. The van der Waals surface area contributed by atoms with Crippen LogP contribution in [0.3, 0.4) is 0 Å². The topological polar surface area (TPSA) is 85.0 Å². The third kappa shape index (κ3) is 3.44. The first-order valence-corrected chi connectivity index (χ1v) is 8.36. The summed E-state index contributed by atoms with van der Waals surface area (Å²) in [5.41, 5.74) is 9.76. The molecule has 1 aliphatic rings. The number of nitrogens with zero attached hydrogens (tertiary/aromatic N) is 2. The second-order valence-corrected chi connectivity index (χ2v) is 6.29. The Balaban J connectivity index is 1.89. The van der Waals surface area contributed by atoms with Crippen LogP contribution in [0.2, 0.25) is 0 Å². The molecule has 6 heteroatoms. The van der Waals surface area contributed by atoms with E-state index in [9.17, 15) is 9.59 Å². The fourth-order valence-corrected chi connectivity index (χ4v) is 3.27. The van der Waals surface area contributed by atoms with E-state index < -0.39 is 11.9 Å². The fraction of sp³-hybridized carbons (Fsp3) is 0.250. The molecule has 3 rings (SSSR count). The van der Waals surface area contributed by atoms with Crippen LogP contribution in [0.15, 0.2) is 53.7 Å². The van der Waals surface area contributed by atoms with Crippen molar-refractivity contribution in [1.29, 1.82) is 0 Å². The highest BCUT2D eigenvalue weighted by molar-refractivity contribution is 6.05. The number of likely N-dealkylation sites (tertiary alicyclic amines) is 1. The summed E-state index contributed by atoms with van der Waals surface area (Å²) in [7, 11) is 1.43. The van der Waals surface area contributed by atoms with Crippen molar-refractivity contribution in [2.75, 3.05) is 13.7 Å². The van der Waals surface area contributed by atoms with Gasteiger partial charge in [0.15, 0.2) is 0 Å². The summed E-state index contributed by atoms with van der Waals surface area (Å²) in [6.07, 6.45) is 0.302. The van der Waals surface area contributed by atoms with Crippen LogP contribution < -0.4 is 5.73 Å². The maximum Gasteiger partial charge on any atom is 0.254 e. The van der Waals surface area contributed by atoms with Crippen LogP contribution in [-0.4, -0.2) is 42.1 Å². The van der Waals surface area contributed by atoms with Crippen molar-refractivity contribution in [2.45, 2.75) is 19.4 Å². The molecular weight excluding hydrogens is 330 g/mol. The molecule has 6 nitrogen and oxygen atoms in total. The number of hydrogen-bond acceptors (Lipinski definition) is 4. The van der Waals surface area contributed by atoms with Gasteiger partial charge in [-0.15, -0.1) is 0 Å². The number of amides is 2. The number of carbonyl (C=O) groups excluding carboxylic acids is 2. The van der Waals surface area contributed by atoms with E-state index in [1.807, 2.05) is 49.4 Å². The van der Waals surface area contributed by atoms with Gasteiger partial charge in [0.05, 0.1) is 12.3 Å². The fourth-order valence-electron chi connectivity index (χ4n) is 3.27. The van der Waals surface area contributed by atoms with E-state index in [-0.39, 0.29) is 12.5 Å². The molecule has 0 aliphatic carbocycles. The Morgan fingerprint density at radius 1 is 1.19 bits per heavy atom. The average Bonchev–Trinajstić information content (AvgIpc) is 3.06. The van der Waals surface area contributed by atoms with Gasteiger partial charge in [0.25, 0.3) is 5.91 Å². The molecule has 1 unspecified atom stereocenters. The minimum Gasteiger partial charge on any atom is -0.399 e. The van der Waals surface area contributed by atoms with Gasteiger partial charge in [0.1, 0.15) is 13.2 Å². The van der Waals surface area contributed by atoms with E-state index in [1.165, 1.54) is 12.0 Å². The maximum atomic E-state index is 12.9. The number of hydrogen-bond donors (Lipinski definition) is 1. The van der Waals surface area contributed by atoms with Crippen LogP contribution in [0.4, 0.5) is 0 Å². The molecule has 26 heavy (non-hydrogen) atoms. The van der Waals surface area contributed by atoms with Crippen LogP contribution in [-0.2, 0) is 9.63 Å². The second-order valence-electron chi connectivity index (χ2n) is 6.29. The number of rotatable bonds is 4. The summed E-state index contributed by atoms with van der Waals surface area (Å²) in [5.74, 6) is -0.782. The number of primary amides is 1. The number of aryl methyl sites for hydroxylation is 1. The smallest absolute Gasteiger partial charge is 0.254 e. The molecule has 0 saturated carbocycles. The van der Waals surface area contributed by atoms with Crippen LogP contribution in [0.25, 0.3) is 11.1 Å². The Kier molecular flexibility index (Phi) is 5.02. The van der Waals surface area contributed by atoms with Gasteiger partial charge < -0.3 is 15.5 Å². The molecule has 1 heterocycles. The van der Waals surface area contributed by atoms with Gasteiger partial charge in [-0.05, 0) is 35.7 Å². The van der Waals surface area contributed by atoms with E-state index >= 15 is 0 Å². The predicted molar refractivity (Wildman–Crippen MR) is 99.7 cm³/mol. The lowest BCUT2D eigenvalue weighted by Gasteiger charge is -2.22. The minimum absolute atomic E-state index is 0.236. The lowest BCUT2D eigenvalue weighted by Crippen LogP contribution is -2.43. The predicted octanol–water partition coefficient (Wildman–Crippen LogP) is 2.36. The van der Waals surface area contributed by atoms with Crippen molar-refractivity contribution in [3.8, 4) is 11.1 Å². The summed E-state index contributed by atoms with van der Waals surface area (Å²) in [6.45, 7) is 2.20. The Morgan fingerprint density at radius 3 is 2.54 bits per heavy atom. The molecule has 1 saturated heterocycles. The molecule has 1 aliphatic heterocycles. The largest absolute Gasteiger partial charge is 0.399 e. The molecule has 1 atom stereocenters. The van der Waals surface area contributed by atoms with Crippen molar-refractivity contribution in [1.82, 2.24) is 4.90 Å². The van der Waals surface area contributed by atoms with E-state index in [0.717, 1.165) is 16.7 Å². The SMILES string of the molecule is CON=C1CC(C(N)=O)N(C(=O)c2ccc(-c3ccccc3)c(C)c2)C1. The molecule has 0 spiro atoms. The van der Waals surface area contributed by atoms with Gasteiger partial charge in [-0.1, -0.05) is 41.6 Å². The second kappa shape index (κ2) is 7.39. The zero-order valence-electron chi connectivity index (χ0n) is 14.8. The molecular formula is C20H21N3O3. The van der Waals surface area contributed by atoms with Gasteiger partial charge >= 0.3 is 0 Å². The Hall–Kier alpha value is -3.15. The summed E-state index contributed by atoms with van der Waals surface area (Å²) in [5, 5.41) is 3.87. The van der Waals surface area contributed by atoms with Crippen molar-refractivity contribution in [2.24, 2.45) is 10.9 Å². The summed E-state index contributed by atoms with van der Waals surface area (Å²) in [4.78, 5) is 30.9. The van der Waals surface area contributed by atoms with E-state index in [1.54, 1.807) is 6.07 Å². The first-order valence-electron chi connectivity index (χ1n) is 8.36. The molecule has 2 aromatic rings. The van der Waals surface area contributed by atoms with E-state index in [2.05, 4.69) is 5.16 Å². The third-order valence-corrected chi connectivity index (χ3v) is 4.53. The van der Waals surface area contributed by atoms with E-state index in [0.29, 0.717) is 17.7 Å².